The maximum atomic E-state index is 13.9. The summed E-state index contributed by atoms with van der Waals surface area (Å²) in [6.07, 6.45) is 4.72. The van der Waals surface area contributed by atoms with Crippen LogP contribution in [-0.4, -0.2) is 30.2 Å². The van der Waals surface area contributed by atoms with Crippen LogP contribution in [-0.2, 0) is 6.18 Å². The molecule has 190 valence electrons. The molecule has 0 radical (unpaired) electrons. The van der Waals surface area contributed by atoms with Gasteiger partial charge in [-0.1, -0.05) is 62.5 Å². The number of ether oxygens (including phenoxy) is 1. The third kappa shape index (κ3) is 5.73. The van der Waals surface area contributed by atoms with E-state index in [4.69, 9.17) is 4.74 Å². The van der Waals surface area contributed by atoms with Gasteiger partial charge in [0.15, 0.2) is 10.8 Å². The molecule has 1 aromatic carbocycles. The van der Waals surface area contributed by atoms with Crippen LogP contribution in [0.3, 0.4) is 0 Å². The van der Waals surface area contributed by atoms with Crippen molar-refractivity contribution in [3.05, 3.63) is 72.6 Å². The molecule has 2 aromatic heterocycles. The minimum Gasteiger partial charge on any atom is -0.468 e. The zero-order valence-electron chi connectivity index (χ0n) is 20.8. The Kier molecular flexibility index (Phi) is 7.13. The predicted molar refractivity (Wildman–Crippen MR) is 140 cm³/mol. The lowest BCUT2D eigenvalue weighted by molar-refractivity contribution is -0.140. The van der Waals surface area contributed by atoms with Gasteiger partial charge in [0.2, 0.25) is 5.88 Å². The van der Waals surface area contributed by atoms with E-state index < -0.39 is 11.9 Å². The average molecular weight is 515 g/mol. The van der Waals surface area contributed by atoms with Crippen molar-refractivity contribution in [1.29, 1.82) is 0 Å². The highest BCUT2D eigenvalue weighted by molar-refractivity contribution is 7.19. The molecular weight excluding hydrogens is 485 g/mol. The Balaban J connectivity index is 1.64. The van der Waals surface area contributed by atoms with Gasteiger partial charge in [0.05, 0.1) is 4.88 Å². The lowest BCUT2D eigenvalue weighted by atomic mass is 9.75. The maximum absolute atomic E-state index is 13.9. The molecule has 0 amide bonds. The van der Waals surface area contributed by atoms with E-state index in [-0.39, 0.29) is 27.4 Å². The molecular formula is C27H29F3N4OS. The lowest BCUT2D eigenvalue weighted by Crippen LogP contribution is -2.34. The monoisotopic (exact) mass is 514 g/mol. The van der Waals surface area contributed by atoms with Gasteiger partial charge in [-0.2, -0.15) is 13.2 Å². The molecule has 0 fully saturated rings. The fourth-order valence-electron chi connectivity index (χ4n) is 3.98. The van der Waals surface area contributed by atoms with Crippen molar-refractivity contribution in [2.45, 2.75) is 33.1 Å². The molecule has 5 nitrogen and oxygen atoms in total. The van der Waals surface area contributed by atoms with E-state index in [0.717, 1.165) is 17.0 Å². The number of hydrogen-bond acceptors (Lipinski definition) is 6. The molecule has 1 N–H and O–H groups in total. The summed E-state index contributed by atoms with van der Waals surface area (Å²) in [4.78, 5) is 10.2. The normalized spacial score (nSPS) is 17.8. The molecule has 1 aliphatic carbocycles. The maximum Gasteiger partial charge on any atom is 0.434 e. The first-order valence-electron chi connectivity index (χ1n) is 11.5. The third-order valence-electron chi connectivity index (χ3n) is 5.89. The van der Waals surface area contributed by atoms with E-state index in [1.165, 1.54) is 0 Å². The van der Waals surface area contributed by atoms with Gasteiger partial charge in [0, 0.05) is 31.9 Å². The fourth-order valence-corrected chi connectivity index (χ4v) is 4.98. The number of rotatable bonds is 6. The number of hydrogen-bond donors (Lipinski definition) is 1. The highest BCUT2D eigenvalue weighted by atomic mass is 32.1. The van der Waals surface area contributed by atoms with Gasteiger partial charge in [-0.3, -0.25) is 0 Å². The summed E-state index contributed by atoms with van der Waals surface area (Å²) in [5, 5.41) is 3.13. The minimum atomic E-state index is -4.60. The third-order valence-corrected chi connectivity index (χ3v) is 6.91. The number of aromatic nitrogens is 2. The van der Waals surface area contributed by atoms with Gasteiger partial charge in [0.1, 0.15) is 11.8 Å². The zero-order valence-corrected chi connectivity index (χ0v) is 21.6. The quantitative estimate of drug-likeness (QED) is 0.368. The molecule has 2 atom stereocenters. The van der Waals surface area contributed by atoms with Crippen molar-refractivity contribution < 1.29 is 17.9 Å². The predicted octanol–water partition coefficient (Wildman–Crippen LogP) is 7.57. The second-order valence-electron chi connectivity index (χ2n) is 9.86. The SMILES string of the molecule is CN(C)c1ccc(-c2sc(Nc3cccnc3OC3C=CC=CC3C(C)(C)C)nc2C(F)(F)F)cc1. The van der Waals surface area contributed by atoms with Crippen molar-refractivity contribution >= 4 is 27.8 Å². The molecule has 2 heterocycles. The summed E-state index contributed by atoms with van der Waals surface area (Å²) in [6.45, 7) is 6.40. The van der Waals surface area contributed by atoms with E-state index in [1.807, 2.05) is 37.2 Å². The summed E-state index contributed by atoms with van der Waals surface area (Å²) in [6, 6.07) is 10.3. The first-order chi connectivity index (χ1) is 16.9. The molecule has 0 aliphatic heterocycles. The van der Waals surface area contributed by atoms with Crippen LogP contribution in [0, 0.1) is 11.3 Å². The Bertz CT molecular complexity index is 1260. The van der Waals surface area contributed by atoms with Crippen LogP contribution in [0.5, 0.6) is 5.88 Å². The van der Waals surface area contributed by atoms with Crippen LogP contribution >= 0.6 is 11.3 Å². The molecule has 9 heteroatoms. The molecule has 0 saturated carbocycles. The molecule has 36 heavy (non-hydrogen) atoms. The van der Waals surface area contributed by atoms with E-state index >= 15 is 0 Å². The number of allylic oxidation sites excluding steroid dienone is 2. The first kappa shape index (κ1) is 25.8. The van der Waals surface area contributed by atoms with Crippen LogP contribution in [0.15, 0.2) is 66.9 Å². The van der Waals surface area contributed by atoms with Crippen LogP contribution < -0.4 is 15.0 Å². The van der Waals surface area contributed by atoms with Gasteiger partial charge in [-0.15, -0.1) is 0 Å². The number of anilines is 3. The Morgan fingerprint density at radius 3 is 2.33 bits per heavy atom. The van der Waals surface area contributed by atoms with Gasteiger partial charge in [-0.05, 0) is 41.3 Å². The van der Waals surface area contributed by atoms with E-state index in [0.29, 0.717) is 17.1 Å². The van der Waals surface area contributed by atoms with E-state index in [1.54, 1.807) is 42.6 Å². The molecule has 2 unspecified atom stereocenters. The van der Waals surface area contributed by atoms with Crippen molar-refractivity contribution in [1.82, 2.24) is 9.97 Å². The van der Waals surface area contributed by atoms with Crippen molar-refractivity contribution in [3.63, 3.8) is 0 Å². The standard InChI is InChI=1S/C27H29F3N4OS/c1-26(2,3)19-9-6-7-11-21(19)35-24-20(10-8-16-31-24)32-25-33-23(27(28,29)30)22(36-25)17-12-14-18(15-13-17)34(4)5/h6-16,19,21H,1-5H3,(H,32,33). The van der Waals surface area contributed by atoms with Crippen LogP contribution in [0.1, 0.15) is 26.5 Å². The van der Waals surface area contributed by atoms with Crippen molar-refractivity contribution in [2.75, 3.05) is 24.3 Å². The van der Waals surface area contributed by atoms with Gasteiger partial charge < -0.3 is 15.0 Å². The van der Waals surface area contributed by atoms with Crippen molar-refractivity contribution in [2.24, 2.45) is 11.3 Å². The van der Waals surface area contributed by atoms with Crippen LogP contribution in [0.4, 0.5) is 29.7 Å². The van der Waals surface area contributed by atoms with Crippen LogP contribution in [0.25, 0.3) is 10.4 Å². The first-order valence-corrected chi connectivity index (χ1v) is 12.3. The second-order valence-corrected chi connectivity index (χ2v) is 10.9. The number of halogens is 3. The topological polar surface area (TPSA) is 50.3 Å². The van der Waals surface area contributed by atoms with E-state index in [2.05, 4.69) is 42.1 Å². The second kappa shape index (κ2) is 9.97. The molecule has 4 rings (SSSR count). The van der Waals surface area contributed by atoms with Gasteiger partial charge >= 0.3 is 6.18 Å². The van der Waals surface area contributed by atoms with Crippen LogP contribution in [0.2, 0.25) is 0 Å². The smallest absolute Gasteiger partial charge is 0.434 e. The highest BCUT2D eigenvalue weighted by Crippen LogP contribution is 2.43. The summed E-state index contributed by atoms with van der Waals surface area (Å²) >= 11 is 0.944. The number of thiazole rings is 1. The fraction of sp³-hybridized carbons (Fsp3) is 0.333. The summed E-state index contributed by atoms with van der Waals surface area (Å²) in [5.74, 6) is 0.406. The molecule has 0 saturated heterocycles. The summed E-state index contributed by atoms with van der Waals surface area (Å²) in [7, 11) is 3.75. The van der Waals surface area contributed by atoms with Gasteiger partial charge in [-0.25, -0.2) is 9.97 Å². The van der Waals surface area contributed by atoms with E-state index in [9.17, 15) is 13.2 Å². The Morgan fingerprint density at radius 2 is 1.69 bits per heavy atom. The number of alkyl halides is 3. The van der Waals surface area contributed by atoms with Crippen molar-refractivity contribution in [3.8, 4) is 16.3 Å². The number of pyridine rings is 1. The summed E-state index contributed by atoms with van der Waals surface area (Å²) in [5.41, 5.74) is 0.820. The summed E-state index contributed by atoms with van der Waals surface area (Å²) < 4.78 is 47.9. The zero-order chi connectivity index (χ0) is 26.1. The Labute approximate surface area is 213 Å². The lowest BCUT2D eigenvalue weighted by Gasteiger charge is -2.35. The molecule has 3 aromatic rings. The largest absolute Gasteiger partial charge is 0.468 e. The van der Waals surface area contributed by atoms with Gasteiger partial charge in [0.25, 0.3) is 0 Å². The molecule has 1 aliphatic rings. The Hall–Kier alpha value is -3.33. The Morgan fingerprint density at radius 1 is 1.00 bits per heavy atom. The minimum absolute atomic E-state index is 0.0508. The highest BCUT2D eigenvalue weighted by Gasteiger charge is 2.38. The molecule has 0 bridgehead atoms. The number of nitrogens with one attached hydrogen (secondary N) is 1. The number of benzene rings is 1. The number of nitrogens with zero attached hydrogens (tertiary/aromatic N) is 3. The molecule has 0 spiro atoms. The average Bonchev–Trinajstić information content (AvgIpc) is 3.25.